The maximum Gasteiger partial charge on any atom is 0.411 e. The lowest BCUT2D eigenvalue weighted by atomic mass is 9.97. The maximum absolute atomic E-state index is 13.5. The molecule has 1 aromatic heterocycles. The molecule has 5 rings (SSSR count). The third-order valence-corrected chi connectivity index (χ3v) is 7.61. The zero-order valence-electron chi connectivity index (χ0n) is 23.8. The van der Waals surface area contributed by atoms with Gasteiger partial charge in [0.15, 0.2) is 0 Å². The van der Waals surface area contributed by atoms with Gasteiger partial charge in [0, 0.05) is 43.1 Å². The van der Waals surface area contributed by atoms with Crippen LogP contribution in [0.2, 0.25) is 0 Å². The molecule has 2 aliphatic rings. The van der Waals surface area contributed by atoms with Crippen molar-refractivity contribution in [1.29, 1.82) is 0 Å². The minimum Gasteiger partial charge on any atom is -0.447 e. The van der Waals surface area contributed by atoms with E-state index in [4.69, 9.17) is 15.2 Å². The second-order valence-corrected chi connectivity index (χ2v) is 10.7. The van der Waals surface area contributed by atoms with Gasteiger partial charge < -0.3 is 25.8 Å². The number of amides is 3. The third kappa shape index (κ3) is 7.32. The van der Waals surface area contributed by atoms with Crippen molar-refractivity contribution in [1.82, 2.24) is 10.3 Å². The normalized spacial score (nSPS) is 16.7. The molecule has 0 saturated heterocycles. The van der Waals surface area contributed by atoms with Gasteiger partial charge in [-0.05, 0) is 84.7 Å². The molecule has 1 atom stereocenters. The first-order valence-electron chi connectivity index (χ1n) is 14.4. The average molecular weight is 572 g/mol. The molecule has 10 nitrogen and oxygen atoms in total. The van der Waals surface area contributed by atoms with Crippen molar-refractivity contribution in [3.63, 3.8) is 0 Å². The SMILES string of the molecule is COCCOC(=O)Nc1ccc2c(c1)NC(=O)CCCCC(NC(=O)c1ccc(CN)c(C3CC3)c1)c1cc-2ccn1. The highest BCUT2D eigenvalue weighted by atomic mass is 16.6. The Balaban J connectivity index is 1.40. The highest BCUT2D eigenvalue weighted by molar-refractivity contribution is 5.98. The minimum atomic E-state index is -0.613. The Morgan fingerprint density at radius 1 is 1.05 bits per heavy atom. The van der Waals surface area contributed by atoms with E-state index in [0.29, 0.717) is 55.3 Å². The number of nitrogens with zero attached hydrogens (tertiary/aromatic N) is 1. The Morgan fingerprint density at radius 2 is 1.90 bits per heavy atom. The second kappa shape index (κ2) is 13.6. The molecule has 3 amide bonds. The number of anilines is 2. The lowest BCUT2D eigenvalue weighted by Crippen LogP contribution is -2.29. The summed E-state index contributed by atoms with van der Waals surface area (Å²) in [6.45, 7) is 0.877. The van der Waals surface area contributed by atoms with Gasteiger partial charge in [-0.2, -0.15) is 0 Å². The number of aromatic nitrogens is 1. The number of nitrogens with one attached hydrogen (secondary N) is 3. The predicted octanol–water partition coefficient (Wildman–Crippen LogP) is 5.26. The van der Waals surface area contributed by atoms with Crippen LogP contribution < -0.4 is 21.7 Å². The first kappa shape index (κ1) is 29.2. The van der Waals surface area contributed by atoms with Gasteiger partial charge in [-0.15, -0.1) is 0 Å². The molecule has 2 aromatic carbocycles. The fraction of sp³-hybridized carbons (Fsp3) is 0.375. The summed E-state index contributed by atoms with van der Waals surface area (Å²) in [5.74, 6) is 0.203. The molecule has 2 heterocycles. The van der Waals surface area contributed by atoms with Gasteiger partial charge in [0.1, 0.15) is 6.61 Å². The molecule has 220 valence electrons. The number of carbonyl (C=O) groups is 3. The van der Waals surface area contributed by atoms with Gasteiger partial charge in [-0.25, -0.2) is 4.79 Å². The van der Waals surface area contributed by atoms with E-state index in [1.807, 2.05) is 36.4 Å². The van der Waals surface area contributed by atoms with Crippen molar-refractivity contribution in [2.24, 2.45) is 5.73 Å². The number of hydrogen-bond donors (Lipinski definition) is 4. The topological polar surface area (TPSA) is 145 Å². The lowest BCUT2D eigenvalue weighted by Gasteiger charge is -2.21. The van der Waals surface area contributed by atoms with E-state index in [9.17, 15) is 14.4 Å². The molecule has 10 heteroatoms. The number of nitrogens with two attached hydrogens (primary N) is 1. The molecule has 1 aliphatic carbocycles. The molecule has 3 aromatic rings. The maximum atomic E-state index is 13.5. The Labute approximate surface area is 245 Å². The van der Waals surface area contributed by atoms with Crippen LogP contribution in [0.5, 0.6) is 0 Å². The van der Waals surface area contributed by atoms with Crippen molar-refractivity contribution < 1.29 is 23.9 Å². The number of methoxy groups -OCH3 is 1. The second-order valence-electron chi connectivity index (χ2n) is 10.7. The first-order chi connectivity index (χ1) is 20.4. The Kier molecular flexibility index (Phi) is 9.45. The van der Waals surface area contributed by atoms with Gasteiger partial charge in [0.25, 0.3) is 5.91 Å². The quantitative estimate of drug-likeness (QED) is 0.270. The summed E-state index contributed by atoms with van der Waals surface area (Å²) >= 11 is 0. The number of hydrogen-bond acceptors (Lipinski definition) is 7. The van der Waals surface area contributed by atoms with Gasteiger partial charge in [-0.1, -0.05) is 18.6 Å². The summed E-state index contributed by atoms with van der Waals surface area (Å²) in [6, 6.07) is 14.5. The van der Waals surface area contributed by atoms with Crippen LogP contribution in [0, 0.1) is 0 Å². The van der Waals surface area contributed by atoms with Crippen LogP contribution in [0.4, 0.5) is 16.2 Å². The molecule has 42 heavy (non-hydrogen) atoms. The smallest absolute Gasteiger partial charge is 0.411 e. The molecule has 5 N–H and O–H groups in total. The van der Waals surface area contributed by atoms with E-state index in [1.54, 1.807) is 18.3 Å². The Bertz CT molecular complexity index is 1450. The molecular formula is C32H37N5O5. The molecule has 1 saturated carbocycles. The number of benzene rings is 2. The lowest BCUT2D eigenvalue weighted by molar-refractivity contribution is -0.116. The monoisotopic (exact) mass is 571 g/mol. The summed E-state index contributed by atoms with van der Waals surface area (Å²) < 4.78 is 10.0. The Morgan fingerprint density at radius 3 is 2.69 bits per heavy atom. The molecule has 1 aliphatic heterocycles. The number of ether oxygens (including phenoxy) is 2. The predicted molar refractivity (Wildman–Crippen MR) is 160 cm³/mol. The number of fused-ring (bicyclic) bond motifs is 4. The standard InChI is InChI=1S/C32H37N5O5/c1-41-14-15-42-32(40)35-24-10-11-25-21-12-13-34-29(17-21)27(4-2-3-5-30(38)36-28(25)18-24)37-31(39)22-8-9-23(19-33)26(16-22)20-6-7-20/h8-13,16-18,20,27H,2-7,14-15,19,33H2,1H3,(H,35,40)(H,36,38)(H,37,39). The van der Waals surface area contributed by atoms with E-state index in [0.717, 1.165) is 41.6 Å². The highest BCUT2D eigenvalue weighted by Crippen LogP contribution is 2.42. The summed E-state index contributed by atoms with van der Waals surface area (Å²) in [6.07, 6.45) is 5.70. The third-order valence-electron chi connectivity index (χ3n) is 7.61. The Hall–Kier alpha value is -4.28. The van der Waals surface area contributed by atoms with Crippen molar-refractivity contribution >= 4 is 29.3 Å². The summed E-state index contributed by atoms with van der Waals surface area (Å²) in [5.41, 5.74) is 12.2. The zero-order valence-corrected chi connectivity index (χ0v) is 23.8. The first-order valence-corrected chi connectivity index (χ1v) is 14.4. The van der Waals surface area contributed by atoms with Crippen LogP contribution in [-0.4, -0.2) is 43.2 Å². The highest BCUT2D eigenvalue weighted by Gasteiger charge is 2.27. The van der Waals surface area contributed by atoms with Crippen LogP contribution in [0.1, 0.15) is 77.7 Å². The average Bonchev–Trinajstić information content (AvgIpc) is 3.84. The van der Waals surface area contributed by atoms with Crippen molar-refractivity contribution in [2.45, 2.75) is 57.0 Å². The minimum absolute atomic E-state index is 0.126. The van der Waals surface area contributed by atoms with Crippen LogP contribution in [-0.2, 0) is 20.8 Å². The summed E-state index contributed by atoms with van der Waals surface area (Å²) in [5, 5.41) is 8.89. The van der Waals surface area contributed by atoms with Crippen LogP contribution in [0.15, 0.2) is 54.7 Å². The largest absolute Gasteiger partial charge is 0.447 e. The van der Waals surface area contributed by atoms with Gasteiger partial charge in [0.2, 0.25) is 5.91 Å². The fourth-order valence-electron chi connectivity index (χ4n) is 5.23. The number of rotatable bonds is 8. The molecule has 1 unspecified atom stereocenters. The van der Waals surface area contributed by atoms with Crippen molar-refractivity contribution in [3.8, 4) is 11.1 Å². The van der Waals surface area contributed by atoms with E-state index >= 15 is 0 Å². The van der Waals surface area contributed by atoms with Gasteiger partial charge in [-0.3, -0.25) is 19.9 Å². The van der Waals surface area contributed by atoms with E-state index in [2.05, 4.69) is 20.9 Å². The van der Waals surface area contributed by atoms with Crippen molar-refractivity contribution in [2.75, 3.05) is 31.0 Å². The van der Waals surface area contributed by atoms with Crippen LogP contribution in [0.3, 0.4) is 0 Å². The summed E-state index contributed by atoms with van der Waals surface area (Å²) in [4.78, 5) is 43.1. The zero-order chi connectivity index (χ0) is 29.5. The number of pyridine rings is 1. The van der Waals surface area contributed by atoms with Crippen LogP contribution >= 0.6 is 0 Å². The summed E-state index contributed by atoms with van der Waals surface area (Å²) in [7, 11) is 1.53. The van der Waals surface area contributed by atoms with E-state index < -0.39 is 6.09 Å². The molecule has 0 spiro atoms. The van der Waals surface area contributed by atoms with Crippen molar-refractivity contribution in [3.05, 3.63) is 77.1 Å². The molecule has 1 fully saturated rings. The van der Waals surface area contributed by atoms with E-state index in [-0.39, 0.29) is 24.5 Å². The molecule has 2 bridgehead atoms. The molecular weight excluding hydrogens is 534 g/mol. The molecule has 0 radical (unpaired) electrons. The van der Waals surface area contributed by atoms with Crippen LogP contribution in [0.25, 0.3) is 11.1 Å². The number of carbonyl (C=O) groups excluding carboxylic acids is 3. The van der Waals surface area contributed by atoms with Gasteiger partial charge >= 0.3 is 6.09 Å². The fourth-order valence-corrected chi connectivity index (χ4v) is 5.23. The van der Waals surface area contributed by atoms with E-state index in [1.165, 1.54) is 12.7 Å². The van der Waals surface area contributed by atoms with Gasteiger partial charge in [0.05, 0.1) is 24.0 Å².